The minimum atomic E-state index is -0.665. The van der Waals surface area contributed by atoms with Crippen molar-refractivity contribution >= 4 is 22.7 Å². The van der Waals surface area contributed by atoms with E-state index in [2.05, 4.69) is 15.1 Å². The summed E-state index contributed by atoms with van der Waals surface area (Å²) in [6.07, 6.45) is 1.31. The number of aromatic amines is 1. The van der Waals surface area contributed by atoms with E-state index in [0.29, 0.717) is 56.4 Å². The number of benzene rings is 1. The van der Waals surface area contributed by atoms with Crippen LogP contribution in [0.3, 0.4) is 0 Å². The first-order valence-electron chi connectivity index (χ1n) is 9.65. The SMILES string of the molecule is Cn1ncc2c(=O)[nH]c(N3CCN(c4c(F)cc(OC5COC5)cc4F)CC3)nc21. The van der Waals surface area contributed by atoms with E-state index in [1.165, 1.54) is 23.0 Å². The van der Waals surface area contributed by atoms with E-state index >= 15 is 0 Å². The largest absolute Gasteiger partial charge is 0.485 e. The van der Waals surface area contributed by atoms with Gasteiger partial charge in [0.15, 0.2) is 17.3 Å². The monoisotopic (exact) mass is 418 g/mol. The quantitative estimate of drug-likeness (QED) is 0.677. The van der Waals surface area contributed by atoms with Crippen molar-refractivity contribution in [3.05, 3.63) is 40.3 Å². The molecule has 0 amide bonds. The zero-order chi connectivity index (χ0) is 20.8. The van der Waals surface area contributed by atoms with Crippen molar-refractivity contribution in [2.75, 3.05) is 49.2 Å². The minimum absolute atomic E-state index is 0.0737. The highest BCUT2D eigenvalue weighted by atomic mass is 19.1. The highest BCUT2D eigenvalue weighted by molar-refractivity contribution is 5.74. The number of piperazine rings is 1. The third kappa shape index (κ3) is 3.24. The summed E-state index contributed by atoms with van der Waals surface area (Å²) in [5.41, 5.74) is 0.145. The van der Waals surface area contributed by atoms with Gasteiger partial charge in [-0.1, -0.05) is 0 Å². The van der Waals surface area contributed by atoms with Crippen LogP contribution >= 0.6 is 0 Å². The minimum Gasteiger partial charge on any atom is -0.485 e. The van der Waals surface area contributed by atoms with Crippen LogP contribution < -0.4 is 20.1 Å². The Kier molecular flexibility index (Phi) is 4.54. The number of hydrogen-bond acceptors (Lipinski definition) is 7. The summed E-state index contributed by atoms with van der Waals surface area (Å²) >= 11 is 0. The zero-order valence-electron chi connectivity index (χ0n) is 16.3. The number of nitrogens with zero attached hydrogens (tertiary/aromatic N) is 5. The molecule has 5 rings (SSSR count). The molecule has 9 nitrogen and oxygen atoms in total. The standard InChI is InChI=1S/C19H20F2N6O3/c1-25-17-13(8-22-25)18(28)24-19(23-17)27-4-2-26(3-5-27)16-14(20)6-11(7-15(16)21)30-12-9-29-10-12/h6-8,12H,2-5,9-10H2,1H3,(H,23,24,28). The van der Waals surface area contributed by atoms with Gasteiger partial charge in [0.05, 0.1) is 19.4 Å². The number of anilines is 2. The Hall–Kier alpha value is -3.21. The molecule has 0 saturated carbocycles. The normalized spacial score (nSPS) is 17.4. The van der Waals surface area contributed by atoms with Crippen molar-refractivity contribution in [2.45, 2.75) is 6.10 Å². The third-order valence-corrected chi connectivity index (χ3v) is 5.39. The molecule has 1 aromatic carbocycles. The van der Waals surface area contributed by atoms with E-state index in [0.717, 1.165) is 0 Å². The molecule has 2 aliphatic rings. The van der Waals surface area contributed by atoms with Crippen LogP contribution in [-0.4, -0.2) is 65.2 Å². The van der Waals surface area contributed by atoms with Gasteiger partial charge < -0.3 is 19.3 Å². The lowest BCUT2D eigenvalue weighted by Gasteiger charge is -2.36. The van der Waals surface area contributed by atoms with Gasteiger partial charge in [-0.15, -0.1) is 0 Å². The van der Waals surface area contributed by atoms with E-state index in [4.69, 9.17) is 9.47 Å². The Bertz CT molecular complexity index is 1130. The molecular formula is C19H20F2N6O3. The highest BCUT2D eigenvalue weighted by Crippen LogP contribution is 2.30. The molecule has 2 aromatic heterocycles. The second-order valence-corrected chi connectivity index (χ2v) is 7.38. The number of ether oxygens (including phenoxy) is 2. The maximum Gasteiger partial charge on any atom is 0.263 e. The van der Waals surface area contributed by atoms with Crippen molar-refractivity contribution in [3.8, 4) is 5.75 Å². The summed E-state index contributed by atoms with van der Waals surface area (Å²) in [7, 11) is 1.72. The van der Waals surface area contributed by atoms with Gasteiger partial charge in [0.1, 0.15) is 22.9 Å². The predicted molar refractivity (Wildman–Crippen MR) is 105 cm³/mol. The van der Waals surface area contributed by atoms with E-state index < -0.39 is 11.6 Å². The fraction of sp³-hybridized carbons (Fsp3) is 0.421. The van der Waals surface area contributed by atoms with Gasteiger partial charge in [0, 0.05) is 45.4 Å². The molecule has 2 saturated heterocycles. The summed E-state index contributed by atoms with van der Waals surface area (Å²) in [5, 5.41) is 4.47. The molecule has 0 atom stereocenters. The predicted octanol–water partition coefficient (Wildman–Crippen LogP) is 1.04. The Labute approximate surface area is 169 Å². The first-order valence-corrected chi connectivity index (χ1v) is 9.65. The average molecular weight is 418 g/mol. The molecular weight excluding hydrogens is 398 g/mol. The second kappa shape index (κ2) is 7.24. The van der Waals surface area contributed by atoms with E-state index in [1.807, 2.05) is 4.90 Å². The van der Waals surface area contributed by atoms with Crippen molar-refractivity contribution in [3.63, 3.8) is 0 Å². The molecule has 1 N–H and O–H groups in total. The first kappa shape index (κ1) is 18.8. The summed E-state index contributed by atoms with van der Waals surface area (Å²) in [6, 6.07) is 2.41. The number of aryl methyl sites for hydroxylation is 1. The first-order chi connectivity index (χ1) is 14.5. The zero-order valence-corrected chi connectivity index (χ0v) is 16.3. The van der Waals surface area contributed by atoms with Crippen LogP contribution in [0, 0.1) is 11.6 Å². The van der Waals surface area contributed by atoms with Gasteiger partial charge in [-0.3, -0.25) is 14.5 Å². The molecule has 0 aliphatic carbocycles. The molecule has 11 heteroatoms. The molecule has 2 fully saturated rings. The summed E-state index contributed by atoms with van der Waals surface area (Å²) in [6.45, 7) is 2.49. The molecule has 30 heavy (non-hydrogen) atoms. The molecule has 0 unspecified atom stereocenters. The molecule has 2 aliphatic heterocycles. The van der Waals surface area contributed by atoms with Crippen molar-refractivity contribution < 1.29 is 18.3 Å². The number of rotatable bonds is 4. The van der Waals surface area contributed by atoms with Crippen LogP contribution in [0.25, 0.3) is 11.0 Å². The van der Waals surface area contributed by atoms with Crippen LogP contribution in [0.15, 0.2) is 23.1 Å². The van der Waals surface area contributed by atoms with Crippen LogP contribution in [0.2, 0.25) is 0 Å². The molecule has 0 spiro atoms. The van der Waals surface area contributed by atoms with Gasteiger partial charge >= 0.3 is 0 Å². The summed E-state index contributed by atoms with van der Waals surface area (Å²) < 4.78 is 41.3. The topological polar surface area (TPSA) is 88.5 Å². The van der Waals surface area contributed by atoms with Gasteiger partial charge in [0.25, 0.3) is 5.56 Å². The number of nitrogens with one attached hydrogen (secondary N) is 1. The summed E-state index contributed by atoms with van der Waals surface area (Å²) in [5.74, 6) is -0.752. The van der Waals surface area contributed by atoms with E-state index in [1.54, 1.807) is 11.9 Å². The van der Waals surface area contributed by atoms with E-state index in [-0.39, 0.29) is 23.1 Å². The fourth-order valence-corrected chi connectivity index (χ4v) is 3.70. The molecule has 4 heterocycles. The maximum absolute atomic E-state index is 14.6. The van der Waals surface area contributed by atoms with Crippen LogP contribution in [-0.2, 0) is 11.8 Å². The van der Waals surface area contributed by atoms with Gasteiger partial charge in [-0.05, 0) is 0 Å². The Morgan fingerprint density at radius 1 is 1.13 bits per heavy atom. The Balaban J connectivity index is 1.32. The van der Waals surface area contributed by atoms with Crippen molar-refractivity contribution in [1.82, 2.24) is 19.7 Å². The second-order valence-electron chi connectivity index (χ2n) is 7.38. The fourth-order valence-electron chi connectivity index (χ4n) is 3.70. The average Bonchev–Trinajstić information content (AvgIpc) is 3.06. The number of fused-ring (bicyclic) bond motifs is 1. The van der Waals surface area contributed by atoms with Gasteiger partial charge in [0.2, 0.25) is 5.95 Å². The number of aromatic nitrogens is 4. The number of halogens is 2. The molecule has 158 valence electrons. The lowest BCUT2D eigenvalue weighted by Crippen LogP contribution is -2.48. The van der Waals surface area contributed by atoms with Crippen molar-refractivity contribution in [2.24, 2.45) is 7.05 Å². The highest BCUT2D eigenvalue weighted by Gasteiger charge is 2.26. The Morgan fingerprint density at radius 3 is 2.43 bits per heavy atom. The van der Waals surface area contributed by atoms with Gasteiger partial charge in [-0.25, -0.2) is 8.78 Å². The van der Waals surface area contributed by atoms with Crippen LogP contribution in [0.5, 0.6) is 5.75 Å². The van der Waals surface area contributed by atoms with Crippen LogP contribution in [0.1, 0.15) is 0 Å². The number of hydrogen-bond donors (Lipinski definition) is 1. The summed E-state index contributed by atoms with van der Waals surface area (Å²) in [4.78, 5) is 23.0. The van der Waals surface area contributed by atoms with E-state index in [9.17, 15) is 13.6 Å². The molecule has 3 aromatic rings. The molecule has 0 bridgehead atoms. The van der Waals surface area contributed by atoms with Crippen molar-refractivity contribution in [1.29, 1.82) is 0 Å². The van der Waals surface area contributed by atoms with Gasteiger partial charge in [-0.2, -0.15) is 10.1 Å². The lowest BCUT2D eigenvalue weighted by atomic mass is 10.2. The molecule has 0 radical (unpaired) electrons. The lowest BCUT2D eigenvalue weighted by molar-refractivity contribution is -0.0798. The third-order valence-electron chi connectivity index (χ3n) is 5.39. The maximum atomic E-state index is 14.6. The number of H-pyrrole nitrogens is 1. The Morgan fingerprint density at radius 2 is 1.80 bits per heavy atom. The van der Waals surface area contributed by atoms with Crippen LogP contribution in [0.4, 0.5) is 20.4 Å². The smallest absolute Gasteiger partial charge is 0.263 e.